The maximum Gasteiger partial charge on any atom is 0.349 e. The summed E-state index contributed by atoms with van der Waals surface area (Å²) < 4.78 is 10.2. The summed E-state index contributed by atoms with van der Waals surface area (Å²) >= 11 is 0.957. The van der Waals surface area contributed by atoms with Crippen LogP contribution < -0.4 is 9.47 Å². The minimum absolute atomic E-state index is 0.0216. The monoisotopic (exact) mass is 350 g/mol. The highest BCUT2D eigenvalue weighted by atomic mass is 32.1. The molecule has 7 nitrogen and oxygen atoms in total. The molecule has 0 saturated carbocycles. The van der Waals surface area contributed by atoms with E-state index in [-0.39, 0.29) is 10.6 Å². The molecule has 2 aromatic rings. The van der Waals surface area contributed by atoms with Crippen LogP contribution in [0.15, 0.2) is 18.2 Å². The number of methoxy groups -OCH3 is 1. The minimum Gasteiger partial charge on any atom is -0.496 e. The van der Waals surface area contributed by atoms with Crippen LogP contribution in [0.1, 0.15) is 25.6 Å². The van der Waals surface area contributed by atoms with E-state index in [0.29, 0.717) is 33.6 Å². The standard InChI is InChI=1S/C16H14O7S/c1-8-13(23-7-12(18)19)15(16(20)21)24-14(8)9-3-4-11(22-2)10(5-9)6-17/h3-6H,7H2,1-2H3,(H,18,19)(H,20,21). The second-order valence-electron chi connectivity index (χ2n) is 4.78. The van der Waals surface area contributed by atoms with E-state index < -0.39 is 18.5 Å². The van der Waals surface area contributed by atoms with Crippen LogP contribution in [0.4, 0.5) is 0 Å². The largest absolute Gasteiger partial charge is 0.496 e. The number of aliphatic carboxylic acids is 1. The van der Waals surface area contributed by atoms with Gasteiger partial charge in [-0.15, -0.1) is 11.3 Å². The van der Waals surface area contributed by atoms with Crippen LogP contribution in [0.3, 0.4) is 0 Å². The summed E-state index contributed by atoms with van der Waals surface area (Å²) in [6.45, 7) is 1.000. The van der Waals surface area contributed by atoms with Gasteiger partial charge >= 0.3 is 11.9 Å². The van der Waals surface area contributed by atoms with Gasteiger partial charge < -0.3 is 19.7 Å². The molecule has 0 aliphatic rings. The SMILES string of the molecule is COc1ccc(-c2sc(C(=O)O)c(OCC(=O)O)c2C)cc1C=O. The number of ether oxygens (including phenoxy) is 2. The predicted octanol–water partition coefficient (Wildman–Crippen LogP) is 2.71. The van der Waals surface area contributed by atoms with Gasteiger partial charge in [-0.1, -0.05) is 0 Å². The van der Waals surface area contributed by atoms with E-state index >= 15 is 0 Å². The first-order valence-electron chi connectivity index (χ1n) is 6.73. The maximum absolute atomic E-state index is 11.4. The molecule has 126 valence electrons. The second kappa shape index (κ2) is 7.14. The van der Waals surface area contributed by atoms with Gasteiger partial charge in [0, 0.05) is 10.4 Å². The molecule has 0 amide bonds. The Balaban J connectivity index is 2.55. The fourth-order valence-electron chi connectivity index (χ4n) is 2.19. The number of carbonyl (C=O) groups is 3. The summed E-state index contributed by atoms with van der Waals surface area (Å²) in [5.74, 6) is -1.98. The fraction of sp³-hybridized carbons (Fsp3) is 0.188. The van der Waals surface area contributed by atoms with Gasteiger partial charge in [0.1, 0.15) is 11.5 Å². The average Bonchev–Trinajstić information content (AvgIpc) is 2.89. The van der Waals surface area contributed by atoms with Gasteiger partial charge in [0.2, 0.25) is 0 Å². The van der Waals surface area contributed by atoms with Gasteiger partial charge in [0.15, 0.2) is 17.8 Å². The zero-order chi connectivity index (χ0) is 17.9. The first-order valence-corrected chi connectivity index (χ1v) is 7.55. The van der Waals surface area contributed by atoms with Crippen LogP contribution in [0, 0.1) is 6.92 Å². The molecule has 8 heteroatoms. The van der Waals surface area contributed by atoms with Crippen molar-refractivity contribution >= 4 is 29.6 Å². The molecule has 0 radical (unpaired) electrons. The highest BCUT2D eigenvalue weighted by Gasteiger charge is 2.23. The number of benzene rings is 1. The smallest absolute Gasteiger partial charge is 0.349 e. The lowest BCUT2D eigenvalue weighted by molar-refractivity contribution is -0.139. The van der Waals surface area contributed by atoms with Crippen molar-refractivity contribution in [3.8, 4) is 21.9 Å². The summed E-state index contributed by atoms with van der Waals surface area (Å²) in [4.78, 5) is 33.7. The van der Waals surface area contributed by atoms with E-state index in [1.165, 1.54) is 7.11 Å². The highest BCUT2D eigenvalue weighted by molar-refractivity contribution is 7.18. The number of carboxylic acids is 2. The van der Waals surface area contributed by atoms with Crippen LogP contribution in [0.2, 0.25) is 0 Å². The third-order valence-electron chi connectivity index (χ3n) is 3.24. The zero-order valence-corrected chi connectivity index (χ0v) is 13.7. The number of aromatic carboxylic acids is 1. The third kappa shape index (κ3) is 3.38. The molecule has 0 spiro atoms. The lowest BCUT2D eigenvalue weighted by Crippen LogP contribution is -2.11. The van der Waals surface area contributed by atoms with Crippen LogP contribution in [-0.2, 0) is 4.79 Å². The van der Waals surface area contributed by atoms with Crippen molar-refractivity contribution in [2.75, 3.05) is 13.7 Å². The molecule has 0 aliphatic carbocycles. The van der Waals surface area contributed by atoms with E-state index in [9.17, 15) is 19.5 Å². The number of rotatable bonds is 7. The molecule has 0 atom stereocenters. The molecular formula is C16H14O7S. The number of carboxylic acid groups (broad SMARTS) is 2. The van der Waals surface area contributed by atoms with Gasteiger partial charge in [-0.25, -0.2) is 9.59 Å². The van der Waals surface area contributed by atoms with Crippen LogP contribution in [-0.4, -0.2) is 42.2 Å². The number of hydrogen-bond donors (Lipinski definition) is 2. The summed E-state index contributed by atoms with van der Waals surface area (Å²) in [6, 6.07) is 4.88. The van der Waals surface area contributed by atoms with E-state index in [2.05, 4.69) is 0 Å². The Morgan fingerprint density at radius 1 is 1.29 bits per heavy atom. The molecule has 1 aromatic carbocycles. The van der Waals surface area contributed by atoms with E-state index in [1.54, 1.807) is 25.1 Å². The van der Waals surface area contributed by atoms with Crippen LogP contribution >= 0.6 is 11.3 Å². The number of thiophene rings is 1. The molecule has 0 saturated heterocycles. The Hall–Kier alpha value is -2.87. The zero-order valence-electron chi connectivity index (χ0n) is 12.9. The molecule has 1 heterocycles. The number of aldehydes is 1. The average molecular weight is 350 g/mol. The third-order valence-corrected chi connectivity index (χ3v) is 4.55. The molecule has 0 fully saturated rings. The predicted molar refractivity (Wildman–Crippen MR) is 86.5 cm³/mol. The van der Waals surface area contributed by atoms with E-state index in [0.717, 1.165) is 11.3 Å². The normalized spacial score (nSPS) is 10.2. The van der Waals surface area contributed by atoms with Crippen molar-refractivity contribution in [1.29, 1.82) is 0 Å². The number of hydrogen-bond acceptors (Lipinski definition) is 6. The van der Waals surface area contributed by atoms with Gasteiger partial charge in [-0.2, -0.15) is 0 Å². The molecule has 0 unspecified atom stereocenters. The minimum atomic E-state index is -1.21. The summed E-state index contributed by atoms with van der Waals surface area (Å²) in [7, 11) is 1.44. The van der Waals surface area contributed by atoms with Crippen molar-refractivity contribution in [1.82, 2.24) is 0 Å². The second-order valence-corrected chi connectivity index (χ2v) is 5.80. The first-order chi connectivity index (χ1) is 11.4. The van der Waals surface area contributed by atoms with Crippen molar-refractivity contribution in [3.63, 3.8) is 0 Å². The Labute approximate surface area is 141 Å². The lowest BCUT2D eigenvalue weighted by atomic mass is 10.1. The number of carbonyl (C=O) groups excluding carboxylic acids is 1. The molecule has 1 aromatic heterocycles. The summed E-state index contributed by atoms with van der Waals surface area (Å²) in [6.07, 6.45) is 0.644. The van der Waals surface area contributed by atoms with Gasteiger partial charge in [-0.3, -0.25) is 4.79 Å². The summed E-state index contributed by atoms with van der Waals surface area (Å²) in [5, 5.41) is 18.0. The van der Waals surface area contributed by atoms with Crippen molar-refractivity contribution < 1.29 is 34.1 Å². The Kier molecular flexibility index (Phi) is 5.20. The molecule has 2 rings (SSSR count). The highest BCUT2D eigenvalue weighted by Crippen LogP contribution is 2.42. The molecule has 0 aliphatic heterocycles. The van der Waals surface area contributed by atoms with Crippen molar-refractivity contribution in [3.05, 3.63) is 34.2 Å². The van der Waals surface area contributed by atoms with E-state index in [1.807, 2.05) is 0 Å². The van der Waals surface area contributed by atoms with Crippen molar-refractivity contribution in [2.45, 2.75) is 6.92 Å². The van der Waals surface area contributed by atoms with Crippen LogP contribution in [0.5, 0.6) is 11.5 Å². The van der Waals surface area contributed by atoms with Gasteiger partial charge in [-0.05, 0) is 30.7 Å². The fourth-order valence-corrected chi connectivity index (χ4v) is 3.28. The molecule has 2 N–H and O–H groups in total. The van der Waals surface area contributed by atoms with Crippen molar-refractivity contribution in [2.24, 2.45) is 0 Å². The molecule has 24 heavy (non-hydrogen) atoms. The van der Waals surface area contributed by atoms with Gasteiger partial charge in [0.25, 0.3) is 0 Å². The molecular weight excluding hydrogens is 336 g/mol. The Morgan fingerprint density at radius 3 is 2.54 bits per heavy atom. The first kappa shape index (κ1) is 17.5. The maximum atomic E-state index is 11.4. The lowest BCUT2D eigenvalue weighted by Gasteiger charge is -2.07. The van der Waals surface area contributed by atoms with E-state index in [4.69, 9.17) is 14.6 Å². The quantitative estimate of drug-likeness (QED) is 0.739. The van der Waals surface area contributed by atoms with Gasteiger partial charge in [0.05, 0.1) is 12.7 Å². The summed E-state index contributed by atoms with van der Waals surface area (Å²) in [5.41, 5.74) is 1.45. The Morgan fingerprint density at radius 2 is 2.00 bits per heavy atom. The molecule has 0 bridgehead atoms. The Bertz CT molecular complexity index is 807. The van der Waals surface area contributed by atoms with Crippen LogP contribution in [0.25, 0.3) is 10.4 Å². The topological polar surface area (TPSA) is 110 Å².